The Balaban J connectivity index is 0.857. The van der Waals surface area contributed by atoms with Gasteiger partial charge in [-0.15, -0.1) is 11.8 Å². The molecule has 61 heavy (non-hydrogen) atoms. The zero-order valence-electron chi connectivity index (χ0n) is 32.9. The van der Waals surface area contributed by atoms with E-state index in [9.17, 15) is 10.2 Å². The Morgan fingerprint density at radius 1 is 0.803 bits per heavy atom. The van der Waals surface area contributed by atoms with E-state index in [-0.39, 0.29) is 19.0 Å². The third-order valence-electron chi connectivity index (χ3n) is 10.8. The average Bonchev–Trinajstić information content (AvgIpc) is 3.82. The topological polar surface area (TPSA) is 164 Å². The summed E-state index contributed by atoms with van der Waals surface area (Å²) in [5.41, 5.74) is 11.0. The van der Waals surface area contributed by atoms with E-state index in [1.54, 1.807) is 18.9 Å². The summed E-state index contributed by atoms with van der Waals surface area (Å²) in [7, 11) is 1.62. The van der Waals surface area contributed by atoms with Crippen molar-refractivity contribution in [1.82, 2.24) is 29.5 Å². The third kappa shape index (κ3) is 8.57. The molecule has 12 nitrogen and oxygen atoms in total. The van der Waals surface area contributed by atoms with E-state index in [0.717, 1.165) is 85.7 Å². The maximum Gasteiger partial charge on any atom is 0.172 e. The number of rotatable bonds is 15. The maximum absolute atomic E-state index is 10.4. The summed E-state index contributed by atoms with van der Waals surface area (Å²) in [6.07, 6.45) is 3.88. The van der Waals surface area contributed by atoms with Gasteiger partial charge < -0.3 is 30.2 Å². The highest BCUT2D eigenvalue weighted by Crippen LogP contribution is 2.40. The molecule has 1 fully saturated rings. The van der Waals surface area contributed by atoms with E-state index < -0.39 is 18.4 Å². The van der Waals surface area contributed by atoms with Crippen LogP contribution in [0.1, 0.15) is 43.9 Å². The summed E-state index contributed by atoms with van der Waals surface area (Å²) < 4.78 is 19.6. The van der Waals surface area contributed by atoms with Crippen molar-refractivity contribution < 1.29 is 24.4 Å². The molecule has 3 atom stereocenters. The number of halogens is 3. The fourth-order valence-corrected chi connectivity index (χ4v) is 10.8. The average molecular weight is 917 g/mol. The van der Waals surface area contributed by atoms with Crippen LogP contribution in [0.3, 0.4) is 0 Å². The SMILES string of the molecule is COc1ccc2c(Cl)c3c(COc4ccc5c(SCCCCCCSc6nc7c(N)ncnc7n6C6CC(O)C(CO)O6)c6ccc(Cl)cc6nc5c4)cc(Cl)cc3nc2c1. The second-order valence-corrected chi connectivity index (χ2v) is 18.2. The first-order chi connectivity index (χ1) is 29.7. The first kappa shape index (κ1) is 41.9. The number of aromatic nitrogens is 6. The predicted octanol–water partition coefficient (Wildman–Crippen LogP) is 10.4. The van der Waals surface area contributed by atoms with Crippen molar-refractivity contribution in [3.05, 3.63) is 93.7 Å². The molecule has 314 valence electrons. The largest absolute Gasteiger partial charge is 0.497 e. The van der Waals surface area contributed by atoms with Gasteiger partial charge in [-0.2, -0.15) is 0 Å². The number of hydrogen-bond donors (Lipinski definition) is 3. The van der Waals surface area contributed by atoms with Crippen molar-refractivity contribution in [2.75, 3.05) is 31.0 Å². The number of thioether (sulfide) groups is 2. The van der Waals surface area contributed by atoms with E-state index >= 15 is 0 Å². The Hall–Kier alpha value is -4.38. The number of nitrogen functional groups attached to an aromatic ring is 1. The molecule has 9 rings (SSSR count). The molecule has 4 aromatic carbocycles. The Morgan fingerprint density at radius 3 is 2.28 bits per heavy atom. The van der Waals surface area contributed by atoms with Crippen LogP contribution in [0.15, 0.2) is 83.1 Å². The normalized spacial score (nSPS) is 16.8. The molecule has 0 amide bonds. The Kier molecular flexibility index (Phi) is 12.5. The Morgan fingerprint density at radius 2 is 1.49 bits per heavy atom. The number of anilines is 1. The maximum atomic E-state index is 10.4. The number of benzene rings is 4. The van der Waals surface area contributed by atoms with Crippen LogP contribution in [0.2, 0.25) is 15.1 Å². The number of hydrogen-bond acceptors (Lipinski definition) is 13. The van der Waals surface area contributed by atoms with Crippen molar-refractivity contribution in [3.8, 4) is 11.5 Å². The van der Waals surface area contributed by atoms with Crippen molar-refractivity contribution in [3.63, 3.8) is 0 Å². The van der Waals surface area contributed by atoms with Crippen molar-refractivity contribution in [1.29, 1.82) is 0 Å². The first-order valence-electron chi connectivity index (χ1n) is 19.8. The number of methoxy groups -OCH3 is 1. The summed E-state index contributed by atoms with van der Waals surface area (Å²) in [6.45, 7) is -0.0489. The number of unbranched alkanes of at least 4 members (excludes halogenated alkanes) is 3. The Bertz CT molecular complexity index is 2940. The van der Waals surface area contributed by atoms with Crippen LogP contribution in [-0.4, -0.2) is 77.1 Å². The van der Waals surface area contributed by atoms with E-state index in [0.29, 0.717) is 54.8 Å². The molecule has 5 heterocycles. The molecular weight excluding hydrogens is 877 g/mol. The summed E-state index contributed by atoms with van der Waals surface area (Å²) in [6, 6.07) is 21.2. The van der Waals surface area contributed by atoms with Crippen molar-refractivity contribution >= 4 is 119 Å². The molecule has 0 spiro atoms. The van der Waals surface area contributed by atoms with Gasteiger partial charge in [0.2, 0.25) is 0 Å². The van der Waals surface area contributed by atoms with Gasteiger partial charge in [0.1, 0.15) is 36.8 Å². The predicted molar refractivity (Wildman–Crippen MR) is 246 cm³/mol. The van der Waals surface area contributed by atoms with Gasteiger partial charge >= 0.3 is 0 Å². The van der Waals surface area contributed by atoms with Crippen LogP contribution in [0.4, 0.5) is 5.82 Å². The molecule has 0 bridgehead atoms. The van der Waals surface area contributed by atoms with Crippen LogP contribution < -0.4 is 15.2 Å². The number of aliphatic hydroxyl groups is 2. The highest BCUT2D eigenvalue weighted by molar-refractivity contribution is 7.99. The number of ether oxygens (including phenoxy) is 3. The number of pyridine rings is 2. The molecular formula is C44H40Cl3N7O5S2. The fraction of sp³-hybridized carbons (Fsp3) is 0.295. The van der Waals surface area contributed by atoms with E-state index in [1.807, 2.05) is 77.0 Å². The minimum Gasteiger partial charge on any atom is -0.497 e. The van der Waals surface area contributed by atoms with Gasteiger partial charge in [-0.1, -0.05) is 65.5 Å². The van der Waals surface area contributed by atoms with Crippen LogP contribution in [0.5, 0.6) is 11.5 Å². The standard InChI is InChI=1S/C44H40Cl3N7O5S2/c1-57-26-7-10-28-32(17-26)52-34-16-25(46)14-23(38(34)39(28)47)21-58-27-8-11-30-33(18-27)51-31-15-24(45)6-9-29(31)41(30)60-12-4-2-3-5-13-61-44-53-40-42(48)49-22-50-43(40)54(44)37-19-35(56)36(20-55)59-37/h6-11,14-18,22,35-37,55-56H,2-5,12-13,19-21H2,1H3,(H2,48,49,50). The summed E-state index contributed by atoms with van der Waals surface area (Å²) >= 11 is 23.5. The summed E-state index contributed by atoms with van der Waals surface area (Å²) in [4.78, 5) is 24.3. The molecule has 1 aliphatic heterocycles. The highest BCUT2D eigenvalue weighted by atomic mass is 35.5. The van der Waals surface area contributed by atoms with Crippen LogP contribution >= 0.6 is 58.3 Å². The molecule has 8 aromatic rings. The van der Waals surface area contributed by atoms with Gasteiger partial charge in [-0.25, -0.2) is 24.9 Å². The molecule has 4 N–H and O–H groups in total. The molecule has 0 aliphatic carbocycles. The van der Waals surface area contributed by atoms with Crippen LogP contribution in [0, 0.1) is 0 Å². The van der Waals surface area contributed by atoms with E-state index in [2.05, 4.69) is 16.0 Å². The number of nitrogens with zero attached hydrogens (tertiary/aromatic N) is 6. The lowest BCUT2D eigenvalue weighted by molar-refractivity contribution is -0.0457. The molecule has 3 unspecified atom stereocenters. The second kappa shape index (κ2) is 18.1. The van der Waals surface area contributed by atoms with Crippen molar-refractivity contribution in [2.45, 2.75) is 67.2 Å². The summed E-state index contributed by atoms with van der Waals surface area (Å²) in [5.74, 6) is 3.40. The monoisotopic (exact) mass is 915 g/mol. The zero-order chi connectivity index (χ0) is 42.2. The molecule has 0 saturated carbocycles. The van der Waals surface area contributed by atoms with Gasteiger partial charge in [-0.3, -0.25) is 4.57 Å². The minimum absolute atomic E-state index is 0.221. The lowest BCUT2D eigenvalue weighted by Crippen LogP contribution is -2.24. The van der Waals surface area contributed by atoms with Crippen LogP contribution in [0.25, 0.3) is 54.8 Å². The minimum atomic E-state index is -0.784. The van der Waals surface area contributed by atoms with Gasteiger partial charge in [0.25, 0.3) is 0 Å². The molecule has 1 saturated heterocycles. The second-order valence-electron chi connectivity index (χ2n) is 14.8. The number of aliphatic hydroxyl groups excluding tert-OH is 2. The molecule has 1 aliphatic rings. The smallest absolute Gasteiger partial charge is 0.172 e. The van der Waals surface area contributed by atoms with Gasteiger partial charge in [0.15, 0.2) is 22.1 Å². The third-order valence-corrected chi connectivity index (χ3v) is 13.9. The lowest BCUT2D eigenvalue weighted by Gasteiger charge is -2.16. The molecule has 4 aromatic heterocycles. The molecule has 0 radical (unpaired) electrons. The van der Waals surface area contributed by atoms with Crippen molar-refractivity contribution in [2.24, 2.45) is 0 Å². The van der Waals surface area contributed by atoms with Gasteiger partial charge in [-0.05, 0) is 67.1 Å². The van der Waals surface area contributed by atoms with Gasteiger partial charge in [0, 0.05) is 66.4 Å². The van der Waals surface area contributed by atoms with Crippen LogP contribution in [-0.2, 0) is 11.3 Å². The van der Waals surface area contributed by atoms with Gasteiger partial charge in [0.05, 0.1) is 46.9 Å². The first-order valence-corrected chi connectivity index (χ1v) is 22.9. The zero-order valence-corrected chi connectivity index (χ0v) is 36.8. The van der Waals surface area contributed by atoms with E-state index in [1.165, 1.54) is 6.33 Å². The number of nitrogens with two attached hydrogens (primary N) is 1. The highest BCUT2D eigenvalue weighted by Gasteiger charge is 2.37. The van der Waals surface area contributed by atoms with E-state index in [4.69, 9.17) is 69.7 Å². The quantitative estimate of drug-likeness (QED) is 0.0506. The summed E-state index contributed by atoms with van der Waals surface area (Å²) in [5, 5.41) is 26.2. The number of fused-ring (bicyclic) bond motifs is 5. The number of imidazole rings is 1. The fourth-order valence-electron chi connectivity index (χ4n) is 7.75. The molecule has 17 heteroatoms. The Labute approximate surface area is 374 Å². The lowest BCUT2D eigenvalue weighted by atomic mass is 10.1.